The number of rotatable bonds is 5. The van der Waals surface area contributed by atoms with Crippen molar-refractivity contribution in [3.05, 3.63) is 88.3 Å². The summed E-state index contributed by atoms with van der Waals surface area (Å²) in [6.07, 6.45) is 2.21. The molecule has 3 rings (SSSR count). The Morgan fingerprint density at radius 1 is 0.960 bits per heavy atom. The molecule has 0 fully saturated rings. The van der Waals surface area contributed by atoms with Gasteiger partial charge in [-0.25, -0.2) is 4.79 Å². The first kappa shape index (κ1) is 16.4. The monoisotopic (exact) mass is 334 g/mol. The van der Waals surface area contributed by atoms with Crippen molar-refractivity contribution in [2.45, 2.75) is 0 Å². The third-order valence-electron chi connectivity index (χ3n) is 3.67. The minimum atomic E-state index is -0.731. The summed E-state index contributed by atoms with van der Waals surface area (Å²) in [6, 6.07) is 14.9. The van der Waals surface area contributed by atoms with Crippen molar-refractivity contribution in [1.29, 1.82) is 0 Å². The third kappa shape index (κ3) is 3.55. The third-order valence-corrected chi connectivity index (χ3v) is 3.67. The number of carbonyl (C=O) groups excluding carboxylic acids is 2. The fourth-order valence-electron chi connectivity index (χ4n) is 2.33. The molecule has 0 spiro atoms. The van der Waals surface area contributed by atoms with E-state index in [4.69, 9.17) is 9.15 Å². The van der Waals surface area contributed by atoms with E-state index < -0.39 is 11.4 Å². The van der Waals surface area contributed by atoms with Gasteiger partial charge in [0.25, 0.3) is 0 Å². The standard InChI is InChI=1S/C20H14O5/c1-24-15-8-6-13(7-9-15)17(21)10-11-18(22)16-12-14-4-2-3-5-19(14)25-20(16)23/h2-12H,1H3/b11-10+. The molecule has 1 heterocycles. The first-order valence-electron chi connectivity index (χ1n) is 7.52. The zero-order chi connectivity index (χ0) is 17.8. The smallest absolute Gasteiger partial charge is 0.347 e. The number of hydrogen-bond acceptors (Lipinski definition) is 5. The lowest BCUT2D eigenvalue weighted by Gasteiger charge is -2.00. The van der Waals surface area contributed by atoms with Crippen LogP contribution in [0.15, 0.2) is 76.0 Å². The number of ketones is 2. The van der Waals surface area contributed by atoms with E-state index in [1.54, 1.807) is 48.5 Å². The maximum Gasteiger partial charge on any atom is 0.347 e. The van der Waals surface area contributed by atoms with Gasteiger partial charge in [0.2, 0.25) is 0 Å². The van der Waals surface area contributed by atoms with Crippen LogP contribution >= 0.6 is 0 Å². The van der Waals surface area contributed by atoms with Gasteiger partial charge < -0.3 is 9.15 Å². The van der Waals surface area contributed by atoms with E-state index in [2.05, 4.69) is 0 Å². The SMILES string of the molecule is COc1ccc(C(=O)/C=C/C(=O)c2cc3ccccc3oc2=O)cc1. The van der Waals surface area contributed by atoms with Crippen LogP contribution in [-0.2, 0) is 0 Å². The first-order chi connectivity index (χ1) is 12.1. The summed E-state index contributed by atoms with van der Waals surface area (Å²) in [5, 5.41) is 0.639. The second-order valence-electron chi connectivity index (χ2n) is 5.28. The normalized spacial score (nSPS) is 10.9. The lowest BCUT2D eigenvalue weighted by Crippen LogP contribution is -2.12. The van der Waals surface area contributed by atoms with Gasteiger partial charge in [-0.05, 0) is 48.6 Å². The Labute approximate surface area is 143 Å². The molecule has 0 aliphatic rings. The van der Waals surface area contributed by atoms with Gasteiger partial charge in [-0.2, -0.15) is 0 Å². The van der Waals surface area contributed by atoms with Crippen LogP contribution in [0.3, 0.4) is 0 Å². The molecule has 0 atom stereocenters. The average molecular weight is 334 g/mol. The Balaban J connectivity index is 1.83. The molecule has 0 saturated carbocycles. The fourth-order valence-corrected chi connectivity index (χ4v) is 2.33. The van der Waals surface area contributed by atoms with Gasteiger partial charge in [-0.15, -0.1) is 0 Å². The Hall–Kier alpha value is -3.47. The molecule has 0 saturated heterocycles. The summed E-state index contributed by atoms with van der Waals surface area (Å²) in [5.74, 6) is -0.298. The number of benzene rings is 2. The molecule has 0 bridgehead atoms. The van der Waals surface area contributed by atoms with Crippen LogP contribution in [0.4, 0.5) is 0 Å². The number of para-hydroxylation sites is 1. The van der Waals surface area contributed by atoms with Crippen molar-refractivity contribution >= 4 is 22.5 Å². The molecular weight excluding hydrogens is 320 g/mol. The van der Waals surface area contributed by atoms with E-state index in [-0.39, 0.29) is 11.3 Å². The van der Waals surface area contributed by atoms with Gasteiger partial charge in [-0.3, -0.25) is 9.59 Å². The van der Waals surface area contributed by atoms with E-state index in [0.717, 1.165) is 12.2 Å². The molecule has 3 aromatic rings. The second-order valence-corrected chi connectivity index (χ2v) is 5.28. The van der Waals surface area contributed by atoms with Crippen molar-refractivity contribution in [3.63, 3.8) is 0 Å². The van der Waals surface area contributed by atoms with Crippen molar-refractivity contribution < 1.29 is 18.7 Å². The van der Waals surface area contributed by atoms with E-state index in [1.807, 2.05) is 0 Å². The quantitative estimate of drug-likeness (QED) is 0.406. The van der Waals surface area contributed by atoms with Gasteiger partial charge in [0.1, 0.15) is 16.9 Å². The van der Waals surface area contributed by atoms with Crippen molar-refractivity contribution in [2.75, 3.05) is 7.11 Å². The van der Waals surface area contributed by atoms with Crippen LogP contribution < -0.4 is 10.4 Å². The van der Waals surface area contributed by atoms with Crippen LogP contribution in [0.25, 0.3) is 11.0 Å². The van der Waals surface area contributed by atoms with Crippen LogP contribution in [0.1, 0.15) is 20.7 Å². The maximum atomic E-state index is 12.2. The lowest BCUT2D eigenvalue weighted by molar-refractivity contribution is 0.102. The highest BCUT2D eigenvalue weighted by atomic mass is 16.5. The van der Waals surface area contributed by atoms with Crippen LogP contribution in [-0.4, -0.2) is 18.7 Å². The highest BCUT2D eigenvalue weighted by Crippen LogP contribution is 2.14. The van der Waals surface area contributed by atoms with Gasteiger partial charge in [0.05, 0.1) is 7.11 Å². The molecule has 0 radical (unpaired) electrons. The molecule has 124 valence electrons. The van der Waals surface area contributed by atoms with E-state index in [0.29, 0.717) is 22.3 Å². The summed E-state index contributed by atoms with van der Waals surface area (Å²) in [4.78, 5) is 36.3. The van der Waals surface area contributed by atoms with Crippen LogP contribution in [0.2, 0.25) is 0 Å². The topological polar surface area (TPSA) is 73.6 Å². The Morgan fingerprint density at radius 3 is 2.36 bits per heavy atom. The number of methoxy groups -OCH3 is 1. The van der Waals surface area contributed by atoms with Crippen molar-refractivity contribution in [2.24, 2.45) is 0 Å². The van der Waals surface area contributed by atoms with Crippen molar-refractivity contribution in [1.82, 2.24) is 0 Å². The molecule has 0 N–H and O–H groups in total. The lowest BCUT2D eigenvalue weighted by atomic mass is 10.1. The van der Waals surface area contributed by atoms with E-state index in [1.165, 1.54) is 13.2 Å². The molecule has 0 unspecified atom stereocenters. The average Bonchev–Trinajstić information content (AvgIpc) is 2.65. The zero-order valence-electron chi connectivity index (χ0n) is 13.4. The maximum absolute atomic E-state index is 12.2. The summed E-state index contributed by atoms with van der Waals surface area (Å²) < 4.78 is 10.1. The van der Waals surface area contributed by atoms with E-state index in [9.17, 15) is 14.4 Å². The van der Waals surface area contributed by atoms with Gasteiger partial charge in [0, 0.05) is 10.9 Å². The summed E-state index contributed by atoms with van der Waals surface area (Å²) in [5.41, 5.74) is -0.0273. The molecule has 1 aromatic heterocycles. The summed E-state index contributed by atoms with van der Waals surface area (Å²) in [7, 11) is 1.53. The van der Waals surface area contributed by atoms with Crippen LogP contribution in [0, 0.1) is 0 Å². The molecule has 0 aliphatic heterocycles. The molecular formula is C20H14O5. The van der Waals surface area contributed by atoms with Gasteiger partial charge in [-0.1, -0.05) is 18.2 Å². The Bertz CT molecular complexity index is 1030. The molecule has 25 heavy (non-hydrogen) atoms. The predicted octanol–water partition coefficient (Wildman–Crippen LogP) is 3.42. The van der Waals surface area contributed by atoms with Crippen molar-refractivity contribution in [3.8, 4) is 5.75 Å². The van der Waals surface area contributed by atoms with E-state index >= 15 is 0 Å². The van der Waals surface area contributed by atoms with Gasteiger partial charge >= 0.3 is 5.63 Å². The molecule has 0 amide bonds. The predicted molar refractivity (Wildman–Crippen MR) is 93.3 cm³/mol. The largest absolute Gasteiger partial charge is 0.497 e. The number of ether oxygens (including phenoxy) is 1. The Kier molecular flexibility index (Phi) is 4.57. The highest BCUT2D eigenvalue weighted by molar-refractivity contribution is 6.12. The van der Waals surface area contributed by atoms with Gasteiger partial charge in [0.15, 0.2) is 11.6 Å². The minimum Gasteiger partial charge on any atom is -0.497 e. The highest BCUT2D eigenvalue weighted by Gasteiger charge is 2.12. The number of fused-ring (bicyclic) bond motifs is 1. The Morgan fingerprint density at radius 2 is 1.64 bits per heavy atom. The molecule has 5 nitrogen and oxygen atoms in total. The molecule has 0 aliphatic carbocycles. The second kappa shape index (κ2) is 6.97. The molecule has 2 aromatic carbocycles. The first-order valence-corrected chi connectivity index (χ1v) is 7.52. The summed E-state index contributed by atoms with van der Waals surface area (Å²) >= 11 is 0. The molecule has 5 heteroatoms. The fraction of sp³-hybridized carbons (Fsp3) is 0.0500. The number of allylic oxidation sites excluding steroid dienone is 2. The number of carbonyl (C=O) groups is 2. The minimum absolute atomic E-state index is 0.113. The summed E-state index contributed by atoms with van der Waals surface area (Å²) in [6.45, 7) is 0. The zero-order valence-corrected chi connectivity index (χ0v) is 13.4. The number of hydrogen-bond donors (Lipinski definition) is 0. The van der Waals surface area contributed by atoms with Crippen LogP contribution in [0.5, 0.6) is 5.75 Å².